The number of thiazole rings is 1. The van der Waals surface area contributed by atoms with Gasteiger partial charge in [0.2, 0.25) is 4.96 Å². The molecule has 1 aromatic carbocycles. The number of aromatic hydroxyl groups is 1. The number of anilines is 1. The molecule has 0 aliphatic carbocycles. The molecule has 0 aliphatic rings. The fourth-order valence-corrected chi connectivity index (χ4v) is 3.01. The second kappa shape index (κ2) is 4.61. The molecular weight excluding hydrogens is 276 g/mol. The minimum Gasteiger partial charge on any atom is -0.508 e. The molecule has 1 amide bonds. The van der Waals surface area contributed by atoms with Gasteiger partial charge in [0.25, 0.3) is 5.91 Å². The van der Waals surface area contributed by atoms with E-state index in [1.54, 1.807) is 12.1 Å². The van der Waals surface area contributed by atoms with Crippen LogP contribution in [0.25, 0.3) is 4.96 Å². The van der Waals surface area contributed by atoms with Crippen LogP contribution in [-0.2, 0) is 0 Å². The molecule has 0 saturated carbocycles. The van der Waals surface area contributed by atoms with Crippen molar-refractivity contribution in [1.82, 2.24) is 14.6 Å². The topological polar surface area (TPSA) is 79.5 Å². The number of phenols is 1. The molecule has 2 heterocycles. The number of hydrogen-bond donors (Lipinski definition) is 2. The molecule has 7 heteroatoms. The van der Waals surface area contributed by atoms with Gasteiger partial charge in [0, 0.05) is 11.4 Å². The maximum Gasteiger partial charge on any atom is 0.267 e. The maximum atomic E-state index is 12.3. The van der Waals surface area contributed by atoms with Crippen molar-refractivity contribution in [3.63, 3.8) is 0 Å². The van der Waals surface area contributed by atoms with Crippen molar-refractivity contribution in [3.05, 3.63) is 40.7 Å². The van der Waals surface area contributed by atoms with Gasteiger partial charge in [-0.25, -0.2) is 0 Å². The van der Waals surface area contributed by atoms with Crippen molar-refractivity contribution in [2.24, 2.45) is 0 Å². The van der Waals surface area contributed by atoms with Gasteiger partial charge >= 0.3 is 0 Å². The van der Waals surface area contributed by atoms with Gasteiger partial charge in [-0.3, -0.25) is 9.20 Å². The number of hydrogen-bond acceptors (Lipinski definition) is 5. The summed E-state index contributed by atoms with van der Waals surface area (Å²) >= 11 is 1.30. The predicted molar refractivity (Wildman–Crippen MR) is 76.4 cm³/mol. The summed E-state index contributed by atoms with van der Waals surface area (Å²) in [5.74, 6) is 0.732. The van der Waals surface area contributed by atoms with E-state index in [1.807, 2.05) is 18.2 Å². The maximum absolute atomic E-state index is 12.3. The number of carbonyl (C=O) groups excluding carboxylic acids is 1. The smallest absolute Gasteiger partial charge is 0.267 e. The summed E-state index contributed by atoms with van der Waals surface area (Å²) in [6, 6.07) is 6.34. The van der Waals surface area contributed by atoms with Gasteiger partial charge < -0.3 is 10.4 Å². The summed E-state index contributed by atoms with van der Waals surface area (Å²) in [4.78, 5) is 13.6. The minimum atomic E-state index is -0.192. The molecule has 0 bridgehead atoms. The second-order valence-electron chi connectivity index (χ2n) is 4.38. The zero-order valence-corrected chi connectivity index (χ0v) is 11.7. The van der Waals surface area contributed by atoms with Crippen LogP contribution in [0.15, 0.2) is 24.3 Å². The fourth-order valence-electron chi connectivity index (χ4n) is 2.01. The number of nitrogens with one attached hydrogen (secondary N) is 1. The van der Waals surface area contributed by atoms with Gasteiger partial charge in [-0.05, 0) is 38.1 Å². The van der Waals surface area contributed by atoms with E-state index >= 15 is 0 Å². The Hall–Kier alpha value is -2.41. The molecule has 0 saturated heterocycles. The van der Waals surface area contributed by atoms with E-state index in [4.69, 9.17) is 0 Å². The Bertz CT molecular complexity index is 789. The Morgan fingerprint density at radius 1 is 1.25 bits per heavy atom. The normalized spacial score (nSPS) is 10.9. The predicted octanol–water partition coefficient (Wildman–Crippen LogP) is 2.37. The van der Waals surface area contributed by atoms with Gasteiger partial charge in [0.1, 0.15) is 16.5 Å². The molecule has 2 aromatic heterocycles. The average Bonchev–Trinajstić information content (AvgIpc) is 2.94. The summed E-state index contributed by atoms with van der Waals surface area (Å²) in [5.41, 5.74) is 1.46. The fraction of sp³-hybridized carbons (Fsp3) is 0.154. The number of aromatic nitrogens is 3. The summed E-state index contributed by atoms with van der Waals surface area (Å²) < 4.78 is 1.86. The lowest BCUT2D eigenvalue weighted by molar-refractivity contribution is 0.102. The third kappa shape index (κ3) is 2.01. The first-order valence-electron chi connectivity index (χ1n) is 5.98. The van der Waals surface area contributed by atoms with Crippen LogP contribution in [0.4, 0.5) is 5.69 Å². The first-order chi connectivity index (χ1) is 9.56. The quantitative estimate of drug-likeness (QED) is 0.709. The van der Waals surface area contributed by atoms with E-state index in [-0.39, 0.29) is 11.7 Å². The van der Waals surface area contributed by atoms with Crippen LogP contribution in [0.5, 0.6) is 5.75 Å². The third-order valence-electron chi connectivity index (χ3n) is 2.98. The average molecular weight is 288 g/mol. The van der Waals surface area contributed by atoms with E-state index < -0.39 is 0 Å². The van der Waals surface area contributed by atoms with Gasteiger partial charge in [-0.1, -0.05) is 11.3 Å². The van der Waals surface area contributed by atoms with Crippen molar-refractivity contribution in [1.29, 1.82) is 0 Å². The lowest BCUT2D eigenvalue weighted by Crippen LogP contribution is -2.12. The monoisotopic (exact) mass is 288 g/mol. The number of benzene rings is 1. The highest BCUT2D eigenvalue weighted by atomic mass is 32.1. The Morgan fingerprint density at radius 3 is 2.60 bits per heavy atom. The molecule has 2 N–H and O–H groups in total. The van der Waals surface area contributed by atoms with Crippen molar-refractivity contribution < 1.29 is 9.90 Å². The van der Waals surface area contributed by atoms with Crippen LogP contribution in [0.1, 0.15) is 21.2 Å². The van der Waals surface area contributed by atoms with Gasteiger partial charge in [-0.2, -0.15) is 0 Å². The summed E-state index contributed by atoms with van der Waals surface area (Å²) in [7, 11) is 0. The molecule has 3 rings (SSSR count). The zero-order valence-electron chi connectivity index (χ0n) is 10.9. The van der Waals surface area contributed by atoms with Crippen LogP contribution >= 0.6 is 11.3 Å². The largest absolute Gasteiger partial charge is 0.508 e. The summed E-state index contributed by atoms with van der Waals surface area (Å²) in [5, 5.41) is 20.0. The molecule has 0 unspecified atom stereocenters. The molecule has 3 aromatic rings. The Morgan fingerprint density at radius 2 is 1.95 bits per heavy atom. The molecular formula is C13H12N4O2S. The number of rotatable bonds is 2. The van der Waals surface area contributed by atoms with Crippen LogP contribution in [-0.4, -0.2) is 25.6 Å². The Balaban J connectivity index is 1.92. The van der Waals surface area contributed by atoms with Crippen LogP contribution in [0.2, 0.25) is 0 Å². The van der Waals surface area contributed by atoms with E-state index in [0.29, 0.717) is 15.5 Å². The van der Waals surface area contributed by atoms with E-state index in [9.17, 15) is 9.90 Å². The Kier molecular flexibility index (Phi) is 2.90. The number of nitrogens with zero attached hydrogens (tertiary/aromatic N) is 3. The highest BCUT2D eigenvalue weighted by molar-refractivity contribution is 7.19. The molecule has 0 spiro atoms. The minimum absolute atomic E-state index is 0.162. The highest BCUT2D eigenvalue weighted by Crippen LogP contribution is 2.24. The molecule has 6 nitrogen and oxygen atoms in total. The lowest BCUT2D eigenvalue weighted by Gasteiger charge is -2.04. The number of fused-ring (bicyclic) bond motifs is 1. The second-order valence-corrected chi connectivity index (χ2v) is 5.36. The first-order valence-corrected chi connectivity index (χ1v) is 6.79. The zero-order chi connectivity index (χ0) is 14.3. The number of carbonyl (C=O) groups is 1. The third-order valence-corrected chi connectivity index (χ3v) is 4.12. The standard InChI is InChI=1S/C13H12N4O2S/c1-7-11(20-13-16-15-8(2)17(7)13)12(19)14-9-3-5-10(18)6-4-9/h3-6,18H,1-2H3,(H,14,19). The van der Waals surface area contributed by atoms with Crippen LogP contribution in [0.3, 0.4) is 0 Å². The molecule has 0 aliphatic heterocycles. The number of aryl methyl sites for hydroxylation is 2. The SMILES string of the molecule is Cc1nnc2sc(C(=O)Nc3ccc(O)cc3)c(C)n12. The molecule has 0 atom stereocenters. The molecule has 0 fully saturated rings. The molecule has 102 valence electrons. The van der Waals surface area contributed by atoms with Crippen molar-refractivity contribution in [2.45, 2.75) is 13.8 Å². The van der Waals surface area contributed by atoms with E-state index in [0.717, 1.165) is 11.5 Å². The van der Waals surface area contributed by atoms with Crippen LogP contribution in [0, 0.1) is 13.8 Å². The highest BCUT2D eigenvalue weighted by Gasteiger charge is 2.18. The van der Waals surface area contributed by atoms with Gasteiger partial charge in [0.15, 0.2) is 0 Å². The first kappa shape index (κ1) is 12.6. The van der Waals surface area contributed by atoms with Gasteiger partial charge in [0.05, 0.1) is 0 Å². The number of phenolic OH excluding ortho intramolecular Hbond substituents is 1. The van der Waals surface area contributed by atoms with Crippen molar-refractivity contribution >= 4 is 27.9 Å². The van der Waals surface area contributed by atoms with Crippen molar-refractivity contribution in [2.75, 3.05) is 5.32 Å². The van der Waals surface area contributed by atoms with Crippen LogP contribution < -0.4 is 5.32 Å². The molecule has 20 heavy (non-hydrogen) atoms. The summed E-state index contributed by atoms with van der Waals surface area (Å²) in [6.45, 7) is 3.72. The summed E-state index contributed by atoms with van der Waals surface area (Å²) in [6.07, 6.45) is 0. The lowest BCUT2D eigenvalue weighted by atomic mass is 10.3. The van der Waals surface area contributed by atoms with Gasteiger partial charge in [-0.15, -0.1) is 10.2 Å². The van der Waals surface area contributed by atoms with E-state index in [2.05, 4.69) is 15.5 Å². The Labute approximate surface area is 118 Å². The van der Waals surface area contributed by atoms with E-state index in [1.165, 1.54) is 23.5 Å². The van der Waals surface area contributed by atoms with Crippen molar-refractivity contribution in [3.8, 4) is 5.75 Å². The number of amides is 1. The molecule has 0 radical (unpaired) electrons.